The van der Waals surface area contributed by atoms with Crippen LogP contribution in [-0.2, 0) is 16.1 Å². The van der Waals surface area contributed by atoms with Gasteiger partial charge in [0.1, 0.15) is 17.3 Å². The first-order valence-electron chi connectivity index (χ1n) is 12.7. The number of nitrogens with two attached hydrogens (primary N) is 1. The molecule has 1 fully saturated rings. The SMILES string of the molecule is CC(C)c1cc(C2N(Cc3ccccc3)N=C(C(N)=O)N2c2ccc(N3CCOCC3)nc2)c(O)cc1O. The van der Waals surface area contributed by atoms with Gasteiger partial charge in [-0.25, -0.2) is 4.98 Å². The van der Waals surface area contributed by atoms with Crippen molar-refractivity contribution in [1.29, 1.82) is 0 Å². The van der Waals surface area contributed by atoms with E-state index in [1.165, 1.54) is 6.07 Å². The standard InChI is InChI=1S/C28H32N6O4/c1-18(2)21-14-22(24(36)15-23(21)35)28-33(17-19-6-4-3-5-7-19)31-27(26(29)37)34(28)20-8-9-25(30-16-20)32-10-12-38-13-11-32/h3-9,14-16,18,28,35-36H,10-13,17H2,1-2H3,(H2,29,37). The lowest BCUT2D eigenvalue weighted by atomic mass is 9.97. The van der Waals surface area contributed by atoms with Crippen molar-refractivity contribution in [3.05, 3.63) is 77.5 Å². The van der Waals surface area contributed by atoms with E-state index < -0.39 is 12.1 Å². The number of pyridine rings is 1. The number of phenols is 2. The van der Waals surface area contributed by atoms with Crippen molar-refractivity contribution < 1.29 is 19.7 Å². The van der Waals surface area contributed by atoms with E-state index in [1.807, 2.05) is 56.3 Å². The van der Waals surface area contributed by atoms with Crippen LogP contribution < -0.4 is 15.5 Å². The number of phenolic OH excluding ortho intramolecular Hbond substituents is 2. The highest BCUT2D eigenvalue weighted by atomic mass is 16.5. The van der Waals surface area contributed by atoms with Crippen LogP contribution in [0.15, 0.2) is 65.9 Å². The summed E-state index contributed by atoms with van der Waals surface area (Å²) >= 11 is 0. The highest BCUT2D eigenvalue weighted by molar-refractivity contribution is 6.43. The van der Waals surface area contributed by atoms with E-state index in [0.29, 0.717) is 36.6 Å². The highest BCUT2D eigenvalue weighted by Gasteiger charge is 2.41. The Hall–Kier alpha value is -4.31. The Morgan fingerprint density at radius 3 is 2.45 bits per heavy atom. The minimum atomic E-state index is -0.716. The van der Waals surface area contributed by atoms with Gasteiger partial charge < -0.3 is 25.6 Å². The third-order valence-corrected chi connectivity index (χ3v) is 6.81. The summed E-state index contributed by atoms with van der Waals surface area (Å²) in [5, 5.41) is 27.9. The molecule has 198 valence electrons. The molecule has 3 heterocycles. The summed E-state index contributed by atoms with van der Waals surface area (Å²) in [6, 6.07) is 16.6. The molecule has 1 saturated heterocycles. The van der Waals surface area contributed by atoms with Crippen LogP contribution >= 0.6 is 0 Å². The van der Waals surface area contributed by atoms with E-state index >= 15 is 0 Å². The zero-order valence-electron chi connectivity index (χ0n) is 21.5. The normalized spacial score (nSPS) is 17.7. The molecule has 10 nitrogen and oxygen atoms in total. The number of aromatic nitrogens is 1. The second kappa shape index (κ2) is 10.6. The maximum Gasteiger partial charge on any atom is 0.286 e. The van der Waals surface area contributed by atoms with Gasteiger partial charge >= 0.3 is 0 Å². The van der Waals surface area contributed by atoms with Gasteiger partial charge in [-0.15, -0.1) is 0 Å². The number of rotatable bonds is 7. The first-order chi connectivity index (χ1) is 18.3. The first-order valence-corrected chi connectivity index (χ1v) is 12.7. The number of amides is 1. The van der Waals surface area contributed by atoms with Crippen LogP contribution in [0.1, 0.15) is 42.6 Å². The second-order valence-corrected chi connectivity index (χ2v) is 9.71. The van der Waals surface area contributed by atoms with Gasteiger partial charge in [0.25, 0.3) is 5.91 Å². The van der Waals surface area contributed by atoms with E-state index in [4.69, 9.17) is 10.5 Å². The Bertz CT molecular complexity index is 1320. The minimum Gasteiger partial charge on any atom is -0.508 e. The van der Waals surface area contributed by atoms with Gasteiger partial charge in [0.15, 0.2) is 6.17 Å². The largest absolute Gasteiger partial charge is 0.508 e. The van der Waals surface area contributed by atoms with Gasteiger partial charge in [0, 0.05) is 24.7 Å². The van der Waals surface area contributed by atoms with Gasteiger partial charge in [0.05, 0.1) is 31.6 Å². The van der Waals surface area contributed by atoms with Gasteiger partial charge in [0.2, 0.25) is 5.84 Å². The molecular formula is C28H32N6O4. The van der Waals surface area contributed by atoms with Crippen molar-refractivity contribution in [1.82, 2.24) is 9.99 Å². The molecule has 2 aromatic carbocycles. The summed E-state index contributed by atoms with van der Waals surface area (Å²) in [6.07, 6.45) is 0.968. The molecule has 1 atom stereocenters. The van der Waals surface area contributed by atoms with Crippen LogP contribution in [0.3, 0.4) is 0 Å². The molecule has 3 aromatic rings. The highest BCUT2D eigenvalue weighted by Crippen LogP contribution is 2.43. The molecule has 5 rings (SSSR count). The quantitative estimate of drug-likeness (QED) is 0.437. The molecule has 10 heteroatoms. The fraction of sp³-hybridized carbons (Fsp3) is 0.321. The monoisotopic (exact) mass is 516 g/mol. The molecule has 4 N–H and O–H groups in total. The number of morpholine rings is 1. The zero-order chi connectivity index (χ0) is 26.8. The molecule has 2 aliphatic rings. The molecule has 1 amide bonds. The van der Waals surface area contributed by atoms with Crippen molar-refractivity contribution in [2.75, 3.05) is 36.1 Å². The summed E-state index contributed by atoms with van der Waals surface area (Å²) in [6.45, 7) is 7.06. The zero-order valence-corrected chi connectivity index (χ0v) is 21.5. The van der Waals surface area contributed by atoms with Crippen LogP contribution in [0.2, 0.25) is 0 Å². The summed E-state index contributed by atoms with van der Waals surface area (Å²) in [5.41, 5.74) is 8.55. The molecule has 0 radical (unpaired) electrons. The molecule has 38 heavy (non-hydrogen) atoms. The van der Waals surface area contributed by atoms with E-state index in [-0.39, 0.29) is 23.3 Å². The Morgan fingerprint density at radius 1 is 1.08 bits per heavy atom. The summed E-state index contributed by atoms with van der Waals surface area (Å²) < 4.78 is 5.44. The van der Waals surface area contributed by atoms with Crippen molar-refractivity contribution in [3.63, 3.8) is 0 Å². The van der Waals surface area contributed by atoms with E-state index in [0.717, 1.165) is 24.5 Å². The molecule has 0 bridgehead atoms. The van der Waals surface area contributed by atoms with Crippen molar-refractivity contribution in [2.45, 2.75) is 32.5 Å². The summed E-state index contributed by atoms with van der Waals surface area (Å²) in [4.78, 5) is 21.2. The fourth-order valence-electron chi connectivity index (χ4n) is 4.88. The molecule has 0 spiro atoms. The number of amidine groups is 1. The number of carbonyl (C=O) groups excluding carboxylic acids is 1. The Kier molecular flexibility index (Phi) is 7.06. The lowest BCUT2D eigenvalue weighted by molar-refractivity contribution is -0.112. The van der Waals surface area contributed by atoms with Crippen LogP contribution in [0.25, 0.3) is 0 Å². The third-order valence-electron chi connectivity index (χ3n) is 6.81. The number of benzene rings is 2. The van der Waals surface area contributed by atoms with Crippen molar-refractivity contribution in [3.8, 4) is 11.5 Å². The molecule has 1 unspecified atom stereocenters. The Balaban J connectivity index is 1.60. The lowest BCUT2D eigenvalue weighted by Gasteiger charge is -2.33. The van der Waals surface area contributed by atoms with E-state index in [2.05, 4.69) is 15.0 Å². The van der Waals surface area contributed by atoms with Gasteiger partial charge in [-0.05, 0) is 35.2 Å². The Labute approximate surface area is 221 Å². The van der Waals surface area contributed by atoms with Crippen molar-refractivity contribution in [2.24, 2.45) is 10.8 Å². The lowest BCUT2D eigenvalue weighted by Crippen LogP contribution is -2.41. The van der Waals surface area contributed by atoms with Crippen molar-refractivity contribution >= 4 is 23.2 Å². The Morgan fingerprint density at radius 2 is 1.82 bits per heavy atom. The van der Waals surface area contributed by atoms with Gasteiger partial charge in [-0.2, -0.15) is 5.10 Å². The number of hydrogen-bond acceptors (Lipinski definition) is 9. The van der Waals surface area contributed by atoms with E-state index in [9.17, 15) is 15.0 Å². The second-order valence-electron chi connectivity index (χ2n) is 9.71. The van der Waals surface area contributed by atoms with Gasteiger partial charge in [-0.3, -0.25) is 14.7 Å². The third kappa shape index (κ3) is 4.95. The maximum atomic E-state index is 12.7. The van der Waals surface area contributed by atoms with Gasteiger partial charge in [-0.1, -0.05) is 44.2 Å². The number of aromatic hydroxyl groups is 2. The minimum absolute atomic E-state index is 0.00206. The molecular weight excluding hydrogens is 484 g/mol. The maximum absolute atomic E-state index is 12.7. The number of primary amides is 1. The predicted octanol–water partition coefficient (Wildman–Crippen LogP) is 3.27. The summed E-state index contributed by atoms with van der Waals surface area (Å²) in [5.74, 6) is 0.0289. The average Bonchev–Trinajstić information content (AvgIpc) is 3.29. The van der Waals surface area contributed by atoms with E-state index in [1.54, 1.807) is 22.2 Å². The molecule has 2 aliphatic heterocycles. The van der Waals surface area contributed by atoms with Crippen LogP contribution in [0.4, 0.5) is 11.5 Å². The number of hydrazone groups is 1. The predicted molar refractivity (Wildman–Crippen MR) is 145 cm³/mol. The first kappa shape index (κ1) is 25.3. The molecule has 0 aliphatic carbocycles. The molecule has 0 saturated carbocycles. The van der Waals surface area contributed by atoms with Crippen LogP contribution in [0, 0.1) is 0 Å². The number of carbonyl (C=O) groups is 1. The fourth-order valence-corrected chi connectivity index (χ4v) is 4.88. The number of nitrogens with zero attached hydrogens (tertiary/aromatic N) is 5. The number of hydrogen-bond donors (Lipinski definition) is 3. The average molecular weight is 517 g/mol. The molecule has 1 aromatic heterocycles. The smallest absolute Gasteiger partial charge is 0.286 e. The van der Waals surface area contributed by atoms with Crippen LogP contribution in [-0.4, -0.2) is 58.3 Å². The topological polar surface area (TPSA) is 128 Å². The summed E-state index contributed by atoms with van der Waals surface area (Å²) in [7, 11) is 0. The number of ether oxygens (including phenoxy) is 1. The van der Waals surface area contributed by atoms with Crippen LogP contribution in [0.5, 0.6) is 11.5 Å². The number of anilines is 2.